The molecule has 0 aliphatic rings. The highest BCUT2D eigenvalue weighted by Gasteiger charge is 2.18. The van der Waals surface area contributed by atoms with Crippen molar-refractivity contribution in [2.24, 2.45) is 0 Å². The van der Waals surface area contributed by atoms with Gasteiger partial charge < -0.3 is 10.4 Å². The highest BCUT2D eigenvalue weighted by Crippen LogP contribution is 2.30. The number of aliphatic hydroxyl groups is 1. The molecular formula is C21H19BrClNO. The van der Waals surface area contributed by atoms with Crippen LogP contribution in [-0.2, 0) is 0 Å². The van der Waals surface area contributed by atoms with Gasteiger partial charge in [0.15, 0.2) is 0 Å². The lowest BCUT2D eigenvalue weighted by molar-refractivity contribution is 0.160. The molecule has 0 bridgehead atoms. The average Bonchev–Trinajstić information content (AvgIpc) is 2.64. The molecular weight excluding hydrogens is 398 g/mol. The predicted octanol–water partition coefficient (Wildman–Crippen LogP) is 6.38. The fraction of sp³-hybridized carbons (Fsp3) is 0.143. The van der Waals surface area contributed by atoms with Gasteiger partial charge in [0.05, 0.1) is 12.1 Å². The lowest BCUT2D eigenvalue weighted by atomic mass is 9.96. The molecule has 0 aliphatic carbocycles. The van der Waals surface area contributed by atoms with E-state index in [0.717, 1.165) is 21.3 Å². The van der Waals surface area contributed by atoms with Gasteiger partial charge >= 0.3 is 0 Å². The Labute approximate surface area is 161 Å². The first kappa shape index (κ1) is 18.0. The summed E-state index contributed by atoms with van der Waals surface area (Å²) in [7, 11) is 0. The van der Waals surface area contributed by atoms with E-state index in [4.69, 9.17) is 11.6 Å². The number of benzene rings is 3. The molecule has 3 rings (SSSR count). The van der Waals surface area contributed by atoms with Gasteiger partial charge in [-0.15, -0.1) is 0 Å². The Balaban J connectivity index is 1.83. The zero-order valence-electron chi connectivity index (χ0n) is 13.6. The van der Waals surface area contributed by atoms with Gasteiger partial charge in [-0.2, -0.15) is 0 Å². The zero-order chi connectivity index (χ0) is 17.6. The van der Waals surface area contributed by atoms with Crippen LogP contribution >= 0.6 is 27.5 Å². The van der Waals surface area contributed by atoms with Crippen LogP contribution in [0, 0.1) is 0 Å². The number of hydrogen-bond acceptors (Lipinski definition) is 2. The molecule has 128 valence electrons. The average molecular weight is 417 g/mol. The Morgan fingerprint density at radius 1 is 0.840 bits per heavy atom. The van der Waals surface area contributed by atoms with Crippen molar-refractivity contribution in [3.8, 4) is 0 Å². The largest absolute Gasteiger partial charge is 0.388 e. The molecule has 0 heterocycles. The molecule has 25 heavy (non-hydrogen) atoms. The fourth-order valence-corrected chi connectivity index (χ4v) is 3.15. The van der Waals surface area contributed by atoms with E-state index < -0.39 is 6.10 Å². The molecule has 4 heteroatoms. The SMILES string of the molecule is OC(CC(Nc1ccc(Br)cc1)c1ccc(Cl)cc1)c1ccccc1. The van der Waals surface area contributed by atoms with Crippen LogP contribution in [0.2, 0.25) is 5.02 Å². The van der Waals surface area contributed by atoms with Crippen LogP contribution < -0.4 is 5.32 Å². The van der Waals surface area contributed by atoms with Crippen LogP contribution in [0.5, 0.6) is 0 Å². The Bertz CT molecular complexity index is 790. The molecule has 0 amide bonds. The molecule has 3 aromatic rings. The molecule has 0 fully saturated rings. The first-order valence-electron chi connectivity index (χ1n) is 8.12. The Morgan fingerprint density at radius 3 is 2.12 bits per heavy atom. The maximum Gasteiger partial charge on any atom is 0.0812 e. The van der Waals surface area contributed by atoms with Gasteiger partial charge in [0.1, 0.15) is 0 Å². The summed E-state index contributed by atoms with van der Waals surface area (Å²) in [6.45, 7) is 0. The second-order valence-electron chi connectivity index (χ2n) is 5.92. The van der Waals surface area contributed by atoms with E-state index in [1.165, 1.54) is 0 Å². The molecule has 0 aliphatic heterocycles. The van der Waals surface area contributed by atoms with Crippen LogP contribution in [0.25, 0.3) is 0 Å². The third-order valence-corrected chi connectivity index (χ3v) is 4.88. The van der Waals surface area contributed by atoms with E-state index in [1.54, 1.807) is 0 Å². The number of aliphatic hydroxyl groups excluding tert-OH is 1. The zero-order valence-corrected chi connectivity index (χ0v) is 15.9. The third-order valence-electron chi connectivity index (χ3n) is 4.10. The van der Waals surface area contributed by atoms with Crippen LogP contribution in [0.4, 0.5) is 5.69 Å². The normalized spacial score (nSPS) is 13.2. The van der Waals surface area contributed by atoms with E-state index in [-0.39, 0.29) is 6.04 Å². The first-order valence-corrected chi connectivity index (χ1v) is 9.29. The molecule has 2 N–H and O–H groups in total. The number of nitrogens with one attached hydrogen (secondary N) is 1. The van der Waals surface area contributed by atoms with Gasteiger partial charge in [-0.05, 0) is 47.5 Å². The molecule has 0 spiro atoms. The topological polar surface area (TPSA) is 32.3 Å². The highest BCUT2D eigenvalue weighted by molar-refractivity contribution is 9.10. The number of hydrogen-bond donors (Lipinski definition) is 2. The molecule has 2 unspecified atom stereocenters. The van der Waals surface area contributed by atoms with Crippen molar-refractivity contribution < 1.29 is 5.11 Å². The van der Waals surface area contributed by atoms with Gasteiger partial charge in [-0.3, -0.25) is 0 Å². The number of halogens is 2. The summed E-state index contributed by atoms with van der Waals surface area (Å²) in [6, 6.07) is 25.5. The van der Waals surface area contributed by atoms with Crippen molar-refractivity contribution in [1.82, 2.24) is 0 Å². The Morgan fingerprint density at radius 2 is 1.48 bits per heavy atom. The highest BCUT2D eigenvalue weighted by atomic mass is 79.9. The van der Waals surface area contributed by atoms with E-state index in [2.05, 4.69) is 21.2 Å². The lowest BCUT2D eigenvalue weighted by Crippen LogP contribution is -2.14. The van der Waals surface area contributed by atoms with E-state index in [9.17, 15) is 5.11 Å². The summed E-state index contributed by atoms with van der Waals surface area (Å²) in [5.41, 5.74) is 3.00. The number of rotatable bonds is 6. The Kier molecular flexibility index (Phi) is 6.14. The maximum atomic E-state index is 10.7. The quantitative estimate of drug-likeness (QED) is 0.488. The van der Waals surface area contributed by atoms with Crippen molar-refractivity contribution in [2.75, 3.05) is 5.32 Å². The standard InChI is InChI=1S/C21H19BrClNO/c22-17-8-12-19(13-9-17)24-20(15-6-10-18(23)11-7-15)14-21(25)16-4-2-1-3-5-16/h1-13,20-21,24-25H,14H2. The molecule has 2 atom stereocenters. The summed E-state index contributed by atoms with van der Waals surface area (Å²) < 4.78 is 1.03. The van der Waals surface area contributed by atoms with Crippen LogP contribution in [0.3, 0.4) is 0 Å². The van der Waals surface area contributed by atoms with Crippen molar-refractivity contribution in [3.63, 3.8) is 0 Å². The molecule has 0 aromatic heterocycles. The maximum absolute atomic E-state index is 10.7. The predicted molar refractivity (Wildman–Crippen MR) is 108 cm³/mol. The molecule has 0 radical (unpaired) electrons. The van der Waals surface area contributed by atoms with Gasteiger partial charge in [0.25, 0.3) is 0 Å². The molecule has 2 nitrogen and oxygen atoms in total. The van der Waals surface area contributed by atoms with Crippen molar-refractivity contribution in [1.29, 1.82) is 0 Å². The van der Waals surface area contributed by atoms with Crippen molar-refractivity contribution >= 4 is 33.2 Å². The smallest absolute Gasteiger partial charge is 0.0812 e. The van der Waals surface area contributed by atoms with Gasteiger partial charge in [-0.25, -0.2) is 0 Å². The van der Waals surface area contributed by atoms with E-state index in [1.807, 2.05) is 78.9 Å². The molecule has 0 saturated heterocycles. The molecule has 3 aromatic carbocycles. The van der Waals surface area contributed by atoms with Gasteiger partial charge in [0.2, 0.25) is 0 Å². The second-order valence-corrected chi connectivity index (χ2v) is 7.27. The van der Waals surface area contributed by atoms with E-state index in [0.29, 0.717) is 11.4 Å². The lowest BCUT2D eigenvalue weighted by Gasteiger charge is -2.24. The Hall–Kier alpha value is -1.81. The monoisotopic (exact) mass is 415 g/mol. The van der Waals surface area contributed by atoms with Crippen LogP contribution in [-0.4, -0.2) is 5.11 Å². The van der Waals surface area contributed by atoms with Gasteiger partial charge in [0, 0.05) is 21.6 Å². The summed E-state index contributed by atoms with van der Waals surface area (Å²) in [4.78, 5) is 0. The minimum absolute atomic E-state index is 0.0337. The van der Waals surface area contributed by atoms with Crippen LogP contribution in [0.1, 0.15) is 29.7 Å². The van der Waals surface area contributed by atoms with Gasteiger partial charge in [-0.1, -0.05) is 70.0 Å². The summed E-state index contributed by atoms with van der Waals surface area (Å²) in [5, 5.41) is 14.9. The van der Waals surface area contributed by atoms with E-state index >= 15 is 0 Å². The van der Waals surface area contributed by atoms with Crippen LogP contribution in [0.15, 0.2) is 83.3 Å². The van der Waals surface area contributed by atoms with Crippen molar-refractivity contribution in [2.45, 2.75) is 18.6 Å². The summed E-state index contributed by atoms with van der Waals surface area (Å²) in [6.07, 6.45) is 0.00616. The molecule has 0 saturated carbocycles. The fourth-order valence-electron chi connectivity index (χ4n) is 2.76. The summed E-state index contributed by atoms with van der Waals surface area (Å²) >= 11 is 9.47. The summed E-state index contributed by atoms with van der Waals surface area (Å²) in [5.74, 6) is 0. The van der Waals surface area contributed by atoms with Crippen molar-refractivity contribution in [3.05, 3.63) is 99.5 Å². The minimum Gasteiger partial charge on any atom is -0.388 e. The first-order chi connectivity index (χ1) is 12.1. The number of anilines is 1. The minimum atomic E-state index is -0.551. The second kappa shape index (κ2) is 8.52. The third kappa shape index (κ3) is 5.08.